The van der Waals surface area contributed by atoms with Crippen molar-refractivity contribution in [3.8, 4) is 17.7 Å². The zero-order valence-electron chi connectivity index (χ0n) is 9.64. The Bertz CT molecular complexity index is 635. The molecule has 0 atom stereocenters. The predicted octanol–water partition coefficient (Wildman–Crippen LogP) is 3.29. The van der Waals surface area contributed by atoms with Crippen molar-refractivity contribution in [2.24, 2.45) is 0 Å². The maximum atomic E-state index is 8.98. The van der Waals surface area contributed by atoms with E-state index in [4.69, 9.17) is 27.3 Å². The molecule has 0 aliphatic heterocycles. The SMILES string of the molecule is Cc1ccc(Oc2ncc(N)cc2C#N)c(Cl)c1. The number of nitrogen functional groups attached to an aromatic ring is 1. The molecular weight excluding hydrogens is 250 g/mol. The van der Waals surface area contributed by atoms with Crippen LogP contribution in [-0.4, -0.2) is 4.98 Å². The van der Waals surface area contributed by atoms with E-state index in [0.29, 0.717) is 16.5 Å². The Morgan fingerprint density at radius 2 is 2.17 bits per heavy atom. The molecule has 1 aromatic heterocycles. The maximum Gasteiger partial charge on any atom is 0.237 e. The van der Waals surface area contributed by atoms with Gasteiger partial charge in [-0.25, -0.2) is 4.98 Å². The van der Waals surface area contributed by atoms with Crippen LogP contribution in [-0.2, 0) is 0 Å². The number of aromatic nitrogens is 1. The molecule has 0 saturated carbocycles. The molecule has 0 aliphatic carbocycles. The summed E-state index contributed by atoms with van der Waals surface area (Å²) in [4.78, 5) is 3.98. The predicted molar refractivity (Wildman–Crippen MR) is 69.6 cm³/mol. The Morgan fingerprint density at radius 1 is 1.39 bits per heavy atom. The van der Waals surface area contributed by atoms with Crippen molar-refractivity contribution in [3.63, 3.8) is 0 Å². The summed E-state index contributed by atoms with van der Waals surface area (Å²) >= 11 is 6.05. The van der Waals surface area contributed by atoms with Gasteiger partial charge in [0.05, 0.1) is 16.9 Å². The van der Waals surface area contributed by atoms with E-state index in [9.17, 15) is 0 Å². The van der Waals surface area contributed by atoms with Crippen LogP contribution in [0.15, 0.2) is 30.5 Å². The number of ether oxygens (including phenoxy) is 1. The van der Waals surface area contributed by atoms with Crippen LogP contribution >= 0.6 is 11.6 Å². The minimum Gasteiger partial charge on any atom is -0.436 e. The van der Waals surface area contributed by atoms with Crippen molar-refractivity contribution in [2.75, 3.05) is 5.73 Å². The van der Waals surface area contributed by atoms with Gasteiger partial charge in [-0.2, -0.15) is 5.26 Å². The number of nitriles is 1. The van der Waals surface area contributed by atoms with Crippen LogP contribution in [0.5, 0.6) is 11.6 Å². The van der Waals surface area contributed by atoms with Crippen molar-refractivity contribution in [1.29, 1.82) is 5.26 Å². The molecule has 90 valence electrons. The van der Waals surface area contributed by atoms with E-state index in [2.05, 4.69) is 4.98 Å². The van der Waals surface area contributed by atoms with Gasteiger partial charge < -0.3 is 10.5 Å². The standard InChI is InChI=1S/C13H10ClN3O/c1-8-2-3-12(11(14)4-8)18-13-9(6-15)5-10(16)7-17-13/h2-5,7H,16H2,1H3. The fraction of sp³-hybridized carbons (Fsp3) is 0.0769. The van der Waals surface area contributed by atoms with Gasteiger partial charge in [0.25, 0.3) is 0 Å². The molecule has 2 N–H and O–H groups in total. The summed E-state index contributed by atoms with van der Waals surface area (Å²) in [6.07, 6.45) is 1.43. The van der Waals surface area contributed by atoms with Crippen molar-refractivity contribution in [2.45, 2.75) is 6.92 Å². The maximum absolute atomic E-state index is 8.98. The Hall–Kier alpha value is -2.25. The number of nitrogens with zero attached hydrogens (tertiary/aromatic N) is 2. The van der Waals surface area contributed by atoms with Gasteiger partial charge in [0, 0.05) is 0 Å². The van der Waals surface area contributed by atoms with E-state index in [1.54, 1.807) is 12.1 Å². The number of nitrogens with two attached hydrogens (primary N) is 1. The first-order valence-corrected chi connectivity index (χ1v) is 5.57. The van der Waals surface area contributed by atoms with E-state index >= 15 is 0 Å². The smallest absolute Gasteiger partial charge is 0.237 e. The number of hydrogen-bond acceptors (Lipinski definition) is 4. The summed E-state index contributed by atoms with van der Waals surface area (Å²) in [5.74, 6) is 0.647. The molecular formula is C13H10ClN3O. The second-order valence-corrected chi connectivity index (χ2v) is 4.18. The minimum absolute atomic E-state index is 0.192. The van der Waals surface area contributed by atoms with Crippen LogP contribution in [0.2, 0.25) is 5.02 Å². The minimum atomic E-state index is 0.192. The van der Waals surface area contributed by atoms with Crippen molar-refractivity contribution in [3.05, 3.63) is 46.6 Å². The molecule has 0 amide bonds. The Morgan fingerprint density at radius 3 is 2.83 bits per heavy atom. The highest BCUT2D eigenvalue weighted by atomic mass is 35.5. The average molecular weight is 260 g/mol. The summed E-state index contributed by atoms with van der Waals surface area (Å²) in [5.41, 5.74) is 7.26. The molecule has 2 aromatic rings. The molecule has 5 heteroatoms. The number of anilines is 1. The third kappa shape index (κ3) is 2.53. The van der Waals surface area contributed by atoms with Crippen LogP contribution in [0, 0.1) is 18.3 Å². The van der Waals surface area contributed by atoms with Crippen LogP contribution < -0.4 is 10.5 Å². The normalized spacial score (nSPS) is 9.83. The lowest BCUT2D eigenvalue weighted by Gasteiger charge is -2.08. The monoisotopic (exact) mass is 259 g/mol. The van der Waals surface area contributed by atoms with Gasteiger partial charge in [-0.1, -0.05) is 17.7 Å². The zero-order chi connectivity index (χ0) is 13.1. The van der Waals surface area contributed by atoms with Crippen LogP contribution in [0.1, 0.15) is 11.1 Å². The van der Waals surface area contributed by atoms with E-state index in [1.165, 1.54) is 12.3 Å². The number of aryl methyl sites for hydroxylation is 1. The number of halogens is 1. The first kappa shape index (κ1) is 12.2. The Balaban J connectivity index is 2.37. The first-order valence-electron chi connectivity index (χ1n) is 5.20. The van der Waals surface area contributed by atoms with Gasteiger partial charge in [-0.15, -0.1) is 0 Å². The number of hydrogen-bond donors (Lipinski definition) is 1. The zero-order valence-corrected chi connectivity index (χ0v) is 10.4. The number of pyridine rings is 1. The Labute approximate surface area is 110 Å². The number of benzene rings is 1. The molecule has 0 spiro atoms. The molecule has 4 nitrogen and oxygen atoms in total. The van der Waals surface area contributed by atoms with Gasteiger partial charge in [0.1, 0.15) is 17.4 Å². The highest BCUT2D eigenvalue weighted by Gasteiger charge is 2.09. The molecule has 0 bridgehead atoms. The molecule has 0 saturated heterocycles. The fourth-order valence-electron chi connectivity index (χ4n) is 1.42. The van der Waals surface area contributed by atoms with Crippen molar-refractivity contribution < 1.29 is 4.74 Å². The third-order valence-corrected chi connectivity index (χ3v) is 2.58. The lowest BCUT2D eigenvalue weighted by Crippen LogP contribution is -1.95. The van der Waals surface area contributed by atoms with Crippen molar-refractivity contribution >= 4 is 17.3 Å². The molecule has 0 unspecified atom stereocenters. The summed E-state index contributed by atoms with van der Waals surface area (Å²) in [7, 11) is 0. The largest absolute Gasteiger partial charge is 0.436 e. The summed E-state index contributed by atoms with van der Waals surface area (Å²) < 4.78 is 5.52. The van der Waals surface area contributed by atoms with E-state index in [0.717, 1.165) is 5.56 Å². The second-order valence-electron chi connectivity index (χ2n) is 3.77. The highest BCUT2D eigenvalue weighted by Crippen LogP contribution is 2.30. The van der Waals surface area contributed by atoms with Gasteiger partial charge in [-0.05, 0) is 30.7 Å². The average Bonchev–Trinajstić information content (AvgIpc) is 2.34. The summed E-state index contributed by atoms with van der Waals surface area (Å²) in [6.45, 7) is 1.93. The second kappa shape index (κ2) is 4.94. The van der Waals surface area contributed by atoms with Gasteiger partial charge >= 0.3 is 0 Å². The summed E-state index contributed by atoms with van der Waals surface area (Å²) in [6, 6.07) is 8.86. The van der Waals surface area contributed by atoms with Crippen LogP contribution in [0.4, 0.5) is 5.69 Å². The third-order valence-electron chi connectivity index (χ3n) is 2.29. The lowest BCUT2D eigenvalue weighted by molar-refractivity contribution is 0.461. The number of rotatable bonds is 2. The topological polar surface area (TPSA) is 71.9 Å². The molecule has 1 aromatic carbocycles. The molecule has 0 fully saturated rings. The van der Waals surface area contributed by atoms with Gasteiger partial charge in [0.15, 0.2) is 0 Å². The highest BCUT2D eigenvalue weighted by molar-refractivity contribution is 6.32. The molecule has 1 heterocycles. The first-order chi connectivity index (χ1) is 8.60. The van der Waals surface area contributed by atoms with Crippen molar-refractivity contribution in [1.82, 2.24) is 4.98 Å². The molecule has 18 heavy (non-hydrogen) atoms. The lowest BCUT2D eigenvalue weighted by atomic mass is 10.2. The molecule has 0 radical (unpaired) electrons. The Kier molecular flexibility index (Phi) is 3.35. The van der Waals surface area contributed by atoms with E-state index in [-0.39, 0.29) is 11.4 Å². The van der Waals surface area contributed by atoms with Crippen LogP contribution in [0.25, 0.3) is 0 Å². The van der Waals surface area contributed by atoms with Gasteiger partial charge in [-0.3, -0.25) is 0 Å². The van der Waals surface area contributed by atoms with E-state index in [1.807, 2.05) is 19.1 Å². The van der Waals surface area contributed by atoms with E-state index < -0.39 is 0 Å². The fourth-order valence-corrected chi connectivity index (χ4v) is 1.70. The quantitative estimate of drug-likeness (QED) is 0.898. The van der Waals surface area contributed by atoms with Gasteiger partial charge in [0.2, 0.25) is 5.88 Å². The van der Waals surface area contributed by atoms with Crippen LogP contribution in [0.3, 0.4) is 0 Å². The molecule has 0 aliphatic rings. The summed E-state index contributed by atoms with van der Waals surface area (Å²) in [5, 5.41) is 9.45. The molecule has 2 rings (SSSR count).